The second-order valence-corrected chi connectivity index (χ2v) is 7.41. The first-order valence-corrected chi connectivity index (χ1v) is 9.08. The maximum Gasteiger partial charge on any atom is 0.0638 e. The van der Waals surface area contributed by atoms with E-state index in [0.29, 0.717) is 0 Å². The maximum absolute atomic E-state index is 8.59. The van der Waals surface area contributed by atoms with Gasteiger partial charge in [0.25, 0.3) is 0 Å². The largest absolute Gasteiger partial charge is 1.00 e. The average Bonchev–Trinajstić information content (AvgIpc) is 3.03. The van der Waals surface area contributed by atoms with Crippen molar-refractivity contribution in [1.82, 2.24) is 4.57 Å². The molecule has 1 heterocycles. The number of aromatic nitrogens is 1. The first kappa shape index (κ1) is 17.0. The molecular formula is C19H21Br2N2-. The molecule has 0 atom stereocenters. The van der Waals surface area contributed by atoms with Crippen LogP contribution in [0.15, 0.2) is 28.7 Å². The fourth-order valence-corrected chi connectivity index (χ4v) is 4.32. The van der Waals surface area contributed by atoms with E-state index in [0.717, 1.165) is 42.1 Å². The average molecular weight is 437 g/mol. The Balaban J connectivity index is 0.00000156. The number of hydrogen-bond donors (Lipinski definition) is 1. The molecule has 1 aromatic carbocycles. The van der Waals surface area contributed by atoms with Crippen molar-refractivity contribution in [3.63, 3.8) is 0 Å². The van der Waals surface area contributed by atoms with Gasteiger partial charge in [0, 0.05) is 22.4 Å². The van der Waals surface area contributed by atoms with Gasteiger partial charge in [-0.1, -0.05) is 28.1 Å². The lowest BCUT2D eigenvalue weighted by Gasteiger charge is -2.26. The van der Waals surface area contributed by atoms with E-state index in [2.05, 4.69) is 44.8 Å². The standard InChI is InChI=1S/C19H21BrN2.BrH/c20-14-10-8-13(9-11-14)12-22-17-6-2-1-4-15(17)19(21)16-5-3-7-18(16)22;/h8-11,21H,1-7,12H2;1H/p-1. The van der Waals surface area contributed by atoms with Gasteiger partial charge in [0.05, 0.1) is 5.36 Å². The van der Waals surface area contributed by atoms with Gasteiger partial charge in [0.15, 0.2) is 0 Å². The molecule has 0 fully saturated rings. The van der Waals surface area contributed by atoms with Crippen LogP contribution in [0.25, 0.3) is 0 Å². The van der Waals surface area contributed by atoms with Crippen LogP contribution >= 0.6 is 15.9 Å². The fourth-order valence-electron chi connectivity index (χ4n) is 4.06. The van der Waals surface area contributed by atoms with Crippen molar-refractivity contribution in [1.29, 1.82) is 5.41 Å². The van der Waals surface area contributed by atoms with Crippen LogP contribution in [0.1, 0.15) is 47.3 Å². The third-order valence-corrected chi connectivity index (χ3v) is 5.67. The highest BCUT2D eigenvalue weighted by Gasteiger charge is 2.24. The summed E-state index contributed by atoms with van der Waals surface area (Å²) in [6.07, 6.45) is 8.21. The minimum atomic E-state index is 0. The van der Waals surface area contributed by atoms with E-state index in [1.165, 1.54) is 47.3 Å². The molecule has 2 aromatic rings. The Bertz CT molecular complexity index is 775. The lowest BCUT2D eigenvalue weighted by atomic mass is 9.92. The number of halogens is 2. The van der Waals surface area contributed by atoms with Gasteiger partial charge in [0.1, 0.15) is 0 Å². The minimum Gasteiger partial charge on any atom is -1.00 e. The molecule has 1 aromatic heterocycles. The molecule has 2 aliphatic rings. The van der Waals surface area contributed by atoms with Crippen LogP contribution in [0.4, 0.5) is 0 Å². The highest BCUT2D eigenvalue weighted by Crippen LogP contribution is 2.27. The number of benzene rings is 1. The molecule has 0 aliphatic heterocycles. The van der Waals surface area contributed by atoms with E-state index in [-0.39, 0.29) is 17.0 Å². The van der Waals surface area contributed by atoms with Gasteiger partial charge in [-0.15, -0.1) is 0 Å². The molecule has 4 heteroatoms. The molecule has 0 unspecified atom stereocenters. The van der Waals surface area contributed by atoms with Crippen molar-refractivity contribution in [2.75, 3.05) is 0 Å². The SMILES string of the molecule is N=c1c2c(n(Cc3ccc(Br)cc3)c3c1CCC3)CCCC2.[Br-]. The Morgan fingerprint density at radius 1 is 0.870 bits per heavy atom. The number of pyridine rings is 1. The van der Waals surface area contributed by atoms with Crippen LogP contribution in [-0.4, -0.2) is 4.57 Å². The van der Waals surface area contributed by atoms with Crippen molar-refractivity contribution in [3.05, 3.63) is 62.2 Å². The van der Waals surface area contributed by atoms with Crippen LogP contribution in [0.2, 0.25) is 0 Å². The Labute approximate surface area is 156 Å². The summed E-state index contributed by atoms with van der Waals surface area (Å²) >= 11 is 3.52. The summed E-state index contributed by atoms with van der Waals surface area (Å²) in [4.78, 5) is 0. The molecule has 122 valence electrons. The predicted octanol–water partition coefficient (Wildman–Crippen LogP) is 1.15. The first-order chi connectivity index (χ1) is 10.7. The molecular weight excluding hydrogens is 416 g/mol. The summed E-state index contributed by atoms with van der Waals surface area (Å²) in [5.74, 6) is 0. The zero-order valence-electron chi connectivity index (χ0n) is 13.2. The topological polar surface area (TPSA) is 28.8 Å². The number of nitrogens with zero attached hydrogens (tertiary/aromatic N) is 1. The number of hydrogen-bond acceptors (Lipinski definition) is 1. The summed E-state index contributed by atoms with van der Waals surface area (Å²) in [6.45, 7) is 0.957. The Morgan fingerprint density at radius 2 is 1.43 bits per heavy atom. The molecule has 2 aliphatic carbocycles. The smallest absolute Gasteiger partial charge is 0.0638 e. The maximum atomic E-state index is 8.59. The Kier molecular flexibility index (Phi) is 5.12. The Hall–Kier alpha value is -0.870. The lowest BCUT2D eigenvalue weighted by Crippen LogP contribution is -3.00. The van der Waals surface area contributed by atoms with Crippen LogP contribution in [0.5, 0.6) is 0 Å². The van der Waals surface area contributed by atoms with Crippen molar-refractivity contribution < 1.29 is 17.0 Å². The monoisotopic (exact) mass is 435 g/mol. The van der Waals surface area contributed by atoms with E-state index < -0.39 is 0 Å². The van der Waals surface area contributed by atoms with Gasteiger partial charge in [-0.05, 0) is 73.8 Å². The molecule has 2 nitrogen and oxygen atoms in total. The third kappa shape index (κ3) is 3.08. The zero-order chi connectivity index (χ0) is 15.1. The van der Waals surface area contributed by atoms with Crippen molar-refractivity contribution in [2.45, 2.75) is 51.5 Å². The van der Waals surface area contributed by atoms with Gasteiger partial charge in [0.2, 0.25) is 0 Å². The predicted molar refractivity (Wildman–Crippen MR) is 92.2 cm³/mol. The van der Waals surface area contributed by atoms with Crippen LogP contribution in [0, 0.1) is 5.41 Å². The van der Waals surface area contributed by atoms with Crippen LogP contribution in [0.3, 0.4) is 0 Å². The van der Waals surface area contributed by atoms with E-state index >= 15 is 0 Å². The molecule has 0 amide bonds. The number of fused-ring (bicyclic) bond motifs is 2. The van der Waals surface area contributed by atoms with E-state index in [4.69, 9.17) is 5.41 Å². The molecule has 4 rings (SSSR count). The highest BCUT2D eigenvalue weighted by atomic mass is 79.9. The molecule has 0 radical (unpaired) electrons. The summed E-state index contributed by atoms with van der Waals surface area (Å²) in [6, 6.07) is 8.67. The van der Waals surface area contributed by atoms with Gasteiger partial charge in [-0.2, -0.15) is 0 Å². The molecule has 23 heavy (non-hydrogen) atoms. The van der Waals surface area contributed by atoms with E-state index in [1.54, 1.807) is 0 Å². The second-order valence-electron chi connectivity index (χ2n) is 6.50. The van der Waals surface area contributed by atoms with Crippen LogP contribution in [-0.2, 0) is 32.2 Å². The normalized spacial score (nSPS) is 15.7. The summed E-state index contributed by atoms with van der Waals surface area (Å²) in [5.41, 5.74) is 6.91. The quantitative estimate of drug-likeness (QED) is 0.731. The van der Waals surface area contributed by atoms with Crippen molar-refractivity contribution in [3.8, 4) is 0 Å². The zero-order valence-corrected chi connectivity index (χ0v) is 16.3. The molecule has 0 saturated heterocycles. The van der Waals surface area contributed by atoms with Gasteiger partial charge in [-0.3, -0.25) is 0 Å². The Morgan fingerprint density at radius 3 is 2.13 bits per heavy atom. The lowest BCUT2D eigenvalue weighted by molar-refractivity contribution is -0.00000458. The van der Waals surface area contributed by atoms with Crippen molar-refractivity contribution in [2.24, 2.45) is 0 Å². The summed E-state index contributed by atoms with van der Waals surface area (Å²) < 4.78 is 3.69. The van der Waals surface area contributed by atoms with Gasteiger partial charge < -0.3 is 27.0 Å². The third-order valence-electron chi connectivity index (χ3n) is 5.14. The molecule has 0 saturated carbocycles. The number of rotatable bonds is 2. The fraction of sp³-hybridized carbons (Fsp3) is 0.421. The molecule has 1 N–H and O–H groups in total. The highest BCUT2D eigenvalue weighted by molar-refractivity contribution is 9.10. The molecule has 0 spiro atoms. The first-order valence-electron chi connectivity index (χ1n) is 8.29. The minimum absolute atomic E-state index is 0. The van der Waals surface area contributed by atoms with Crippen molar-refractivity contribution >= 4 is 15.9 Å². The summed E-state index contributed by atoms with van der Waals surface area (Å²) in [5, 5.41) is 9.46. The van der Waals surface area contributed by atoms with Crippen LogP contribution < -0.4 is 22.3 Å². The second kappa shape index (κ2) is 6.94. The van der Waals surface area contributed by atoms with Gasteiger partial charge >= 0.3 is 0 Å². The number of nitrogens with one attached hydrogen (secondary N) is 1. The molecule has 0 bridgehead atoms. The van der Waals surface area contributed by atoms with E-state index in [9.17, 15) is 0 Å². The van der Waals surface area contributed by atoms with E-state index in [1.807, 2.05) is 0 Å². The summed E-state index contributed by atoms with van der Waals surface area (Å²) in [7, 11) is 0. The van der Waals surface area contributed by atoms with Gasteiger partial charge in [-0.25, -0.2) is 0 Å².